The highest BCUT2D eigenvalue weighted by atomic mass is 32.2. The van der Waals surface area contributed by atoms with Crippen LogP contribution in [0.25, 0.3) is 26.8 Å². The maximum atomic E-state index is 12.7. The normalized spacial score (nSPS) is 16.1. The minimum absolute atomic E-state index is 0.0730. The Bertz CT molecular complexity index is 1380. The molecular weight excluding hydrogens is 478 g/mol. The van der Waals surface area contributed by atoms with Crippen LogP contribution in [-0.4, -0.2) is 39.8 Å². The summed E-state index contributed by atoms with van der Waals surface area (Å²) in [6, 6.07) is 18.7. The number of anilines is 1. The number of aliphatic hydroxyl groups excluding tert-OH is 1. The molecular formula is C27H31N3O3S2. The molecule has 1 fully saturated rings. The standard InChI is InChI=1S/C27H31N3O3S2/c1-19(18-31)17-29-35(32,33)27(16-28)20(2)25-10-11-26(34-25)23-7-6-22-15-24(9-8-21(22)14-23)30-12-4-3-5-13-30/h6-11,14-15,19,29,31H,3-5,12-13,17-18H2,1-2H3/b27-20+. The summed E-state index contributed by atoms with van der Waals surface area (Å²) in [7, 11) is -3.96. The average Bonchev–Trinajstić information content (AvgIpc) is 3.38. The smallest absolute Gasteiger partial charge is 0.251 e. The lowest BCUT2D eigenvalue weighted by Gasteiger charge is -2.29. The van der Waals surface area contributed by atoms with Gasteiger partial charge in [-0.2, -0.15) is 5.26 Å². The van der Waals surface area contributed by atoms with E-state index in [0.717, 1.165) is 33.8 Å². The zero-order valence-corrected chi connectivity index (χ0v) is 21.8. The number of nitriles is 1. The summed E-state index contributed by atoms with van der Waals surface area (Å²) in [4.78, 5) is 3.91. The van der Waals surface area contributed by atoms with Crippen molar-refractivity contribution in [3.63, 3.8) is 0 Å². The Morgan fingerprint density at radius 2 is 1.83 bits per heavy atom. The van der Waals surface area contributed by atoms with Gasteiger partial charge in [0.1, 0.15) is 6.07 Å². The third-order valence-corrected chi connectivity index (χ3v) is 9.19. The van der Waals surface area contributed by atoms with Crippen molar-refractivity contribution in [1.29, 1.82) is 5.26 Å². The molecule has 2 heterocycles. The molecule has 184 valence electrons. The Morgan fingerprint density at radius 1 is 1.11 bits per heavy atom. The predicted molar refractivity (Wildman–Crippen MR) is 145 cm³/mol. The number of fused-ring (bicyclic) bond motifs is 1. The molecule has 1 aromatic heterocycles. The molecule has 0 aliphatic carbocycles. The lowest BCUT2D eigenvalue weighted by atomic mass is 10.0. The molecule has 1 saturated heterocycles. The van der Waals surface area contributed by atoms with Gasteiger partial charge >= 0.3 is 0 Å². The summed E-state index contributed by atoms with van der Waals surface area (Å²) in [6.07, 6.45) is 3.81. The molecule has 0 spiro atoms. The number of piperidine rings is 1. The molecule has 0 amide bonds. The molecule has 3 aromatic rings. The number of aliphatic hydroxyl groups is 1. The van der Waals surface area contributed by atoms with E-state index in [1.54, 1.807) is 13.8 Å². The molecule has 2 aromatic carbocycles. The Balaban J connectivity index is 1.59. The summed E-state index contributed by atoms with van der Waals surface area (Å²) in [6.45, 7) is 5.56. The van der Waals surface area contributed by atoms with Crippen molar-refractivity contribution in [1.82, 2.24) is 4.72 Å². The first-order valence-electron chi connectivity index (χ1n) is 11.9. The molecule has 2 N–H and O–H groups in total. The topological polar surface area (TPSA) is 93.4 Å². The van der Waals surface area contributed by atoms with E-state index in [4.69, 9.17) is 5.11 Å². The molecule has 0 saturated carbocycles. The molecule has 6 nitrogen and oxygen atoms in total. The van der Waals surface area contributed by atoms with E-state index < -0.39 is 10.0 Å². The highest BCUT2D eigenvalue weighted by molar-refractivity contribution is 7.93. The lowest BCUT2D eigenvalue weighted by molar-refractivity contribution is 0.239. The van der Waals surface area contributed by atoms with Crippen LogP contribution in [0.5, 0.6) is 0 Å². The number of allylic oxidation sites excluding steroid dienone is 2. The number of hydrogen-bond donors (Lipinski definition) is 2. The quantitative estimate of drug-likeness (QED) is 0.399. The van der Waals surface area contributed by atoms with Crippen molar-refractivity contribution in [3.8, 4) is 16.5 Å². The Morgan fingerprint density at radius 3 is 2.54 bits per heavy atom. The Hall–Kier alpha value is -2.70. The van der Waals surface area contributed by atoms with E-state index in [-0.39, 0.29) is 24.0 Å². The Labute approximate surface area is 211 Å². The van der Waals surface area contributed by atoms with Crippen molar-refractivity contribution in [3.05, 3.63) is 58.3 Å². The summed E-state index contributed by atoms with van der Waals surface area (Å²) in [5.74, 6) is -0.234. The van der Waals surface area contributed by atoms with Gasteiger partial charge in [-0.25, -0.2) is 13.1 Å². The number of thiophene rings is 1. The molecule has 4 rings (SSSR count). The molecule has 0 radical (unpaired) electrons. The summed E-state index contributed by atoms with van der Waals surface area (Å²) >= 11 is 1.47. The number of nitrogens with zero attached hydrogens (tertiary/aromatic N) is 2. The minimum Gasteiger partial charge on any atom is -0.396 e. The van der Waals surface area contributed by atoms with Gasteiger partial charge in [-0.3, -0.25) is 0 Å². The van der Waals surface area contributed by atoms with Crippen LogP contribution in [0, 0.1) is 17.2 Å². The third kappa shape index (κ3) is 5.76. The molecule has 1 unspecified atom stereocenters. The van der Waals surface area contributed by atoms with Crippen molar-refractivity contribution in [2.45, 2.75) is 33.1 Å². The van der Waals surface area contributed by atoms with Crippen LogP contribution in [0.4, 0.5) is 5.69 Å². The van der Waals surface area contributed by atoms with Crippen molar-refractivity contribution >= 4 is 43.4 Å². The van der Waals surface area contributed by atoms with Crippen LogP contribution in [0.2, 0.25) is 0 Å². The van der Waals surface area contributed by atoms with Gasteiger partial charge in [0.05, 0.1) is 0 Å². The van der Waals surface area contributed by atoms with E-state index in [1.165, 1.54) is 41.7 Å². The number of rotatable bonds is 8. The van der Waals surface area contributed by atoms with Crippen LogP contribution in [0.1, 0.15) is 38.0 Å². The molecule has 0 bridgehead atoms. The van der Waals surface area contributed by atoms with E-state index in [2.05, 4.69) is 46.0 Å². The van der Waals surface area contributed by atoms with Gasteiger partial charge in [-0.05, 0) is 84.3 Å². The third-order valence-electron chi connectivity index (χ3n) is 6.45. The number of sulfonamides is 1. The molecule has 8 heteroatoms. The summed E-state index contributed by atoms with van der Waals surface area (Å²) < 4.78 is 27.8. The first-order valence-corrected chi connectivity index (χ1v) is 14.2. The SMILES string of the molecule is C/C(=C(/C#N)S(=O)(=O)NCC(C)CO)c1ccc(-c2ccc3cc(N4CCCCC4)ccc3c2)s1. The van der Waals surface area contributed by atoms with Gasteiger partial charge in [-0.15, -0.1) is 11.3 Å². The summed E-state index contributed by atoms with van der Waals surface area (Å²) in [5.41, 5.74) is 2.75. The van der Waals surface area contributed by atoms with Crippen molar-refractivity contribution in [2.24, 2.45) is 5.92 Å². The van der Waals surface area contributed by atoms with Gasteiger partial charge in [0.2, 0.25) is 0 Å². The number of benzene rings is 2. The molecule has 35 heavy (non-hydrogen) atoms. The minimum atomic E-state index is -3.96. The van der Waals surface area contributed by atoms with Crippen LogP contribution in [0.15, 0.2) is 53.4 Å². The van der Waals surface area contributed by atoms with Gasteiger partial charge in [0.25, 0.3) is 10.0 Å². The molecule has 1 aliphatic heterocycles. The second kappa shape index (κ2) is 10.9. The number of hydrogen-bond acceptors (Lipinski definition) is 6. The van der Waals surface area contributed by atoms with Crippen LogP contribution < -0.4 is 9.62 Å². The Kier molecular flexibility index (Phi) is 7.92. The zero-order valence-electron chi connectivity index (χ0n) is 20.1. The second-order valence-corrected chi connectivity index (χ2v) is 12.0. The van der Waals surface area contributed by atoms with Crippen molar-refractivity contribution < 1.29 is 13.5 Å². The van der Waals surface area contributed by atoms with Crippen LogP contribution in [-0.2, 0) is 10.0 Å². The second-order valence-electron chi connectivity index (χ2n) is 9.16. The average molecular weight is 510 g/mol. The fraction of sp³-hybridized carbons (Fsp3) is 0.370. The van der Waals surface area contributed by atoms with Gasteiger partial charge in [-0.1, -0.05) is 25.1 Å². The van der Waals surface area contributed by atoms with Crippen LogP contribution in [0.3, 0.4) is 0 Å². The highest BCUT2D eigenvalue weighted by Crippen LogP contribution is 2.35. The first-order chi connectivity index (χ1) is 16.8. The lowest BCUT2D eigenvalue weighted by Crippen LogP contribution is -2.30. The fourth-order valence-corrected chi connectivity index (χ4v) is 6.63. The van der Waals surface area contributed by atoms with E-state index in [9.17, 15) is 13.7 Å². The number of nitrogens with one attached hydrogen (secondary N) is 1. The monoisotopic (exact) mass is 509 g/mol. The summed E-state index contributed by atoms with van der Waals surface area (Å²) in [5, 5.41) is 21.1. The van der Waals surface area contributed by atoms with E-state index in [1.807, 2.05) is 18.2 Å². The zero-order chi connectivity index (χ0) is 25.0. The largest absolute Gasteiger partial charge is 0.396 e. The van der Waals surface area contributed by atoms with Gasteiger partial charge in [0, 0.05) is 41.7 Å². The van der Waals surface area contributed by atoms with Gasteiger partial charge in [0.15, 0.2) is 4.91 Å². The molecule has 1 atom stereocenters. The maximum absolute atomic E-state index is 12.7. The van der Waals surface area contributed by atoms with Crippen molar-refractivity contribution in [2.75, 3.05) is 31.1 Å². The molecule has 1 aliphatic rings. The van der Waals surface area contributed by atoms with Gasteiger partial charge < -0.3 is 10.0 Å². The van der Waals surface area contributed by atoms with Crippen LogP contribution >= 0.6 is 11.3 Å². The highest BCUT2D eigenvalue weighted by Gasteiger charge is 2.22. The van der Waals surface area contributed by atoms with E-state index in [0.29, 0.717) is 5.57 Å². The van der Waals surface area contributed by atoms with E-state index >= 15 is 0 Å². The maximum Gasteiger partial charge on any atom is 0.251 e. The first kappa shape index (κ1) is 25.4. The predicted octanol–water partition coefficient (Wildman–Crippen LogP) is 5.36. The fourth-order valence-electron chi connectivity index (χ4n) is 4.28.